The number of hydrogen-bond donors (Lipinski definition) is 3. The van der Waals surface area contributed by atoms with E-state index in [0.29, 0.717) is 50.9 Å². The molecule has 1 aromatic heterocycles. The second-order valence-electron chi connectivity index (χ2n) is 9.29. The van der Waals surface area contributed by atoms with Crippen LogP contribution in [0.25, 0.3) is 0 Å². The fourth-order valence-electron chi connectivity index (χ4n) is 5.01. The molecule has 4 rings (SSSR count). The van der Waals surface area contributed by atoms with Gasteiger partial charge in [-0.3, -0.25) is 14.4 Å². The Bertz CT molecular complexity index is 1120. The zero-order valence-electron chi connectivity index (χ0n) is 19.7. The van der Waals surface area contributed by atoms with E-state index in [1.54, 1.807) is 18.9 Å². The standard InChI is InChI=1S/C24H29ClFN5O4/c1-14(12-35-2)29-21(32)19-20(28-13-27-19)22(33)30-16-5-7-24(8-6-16)9-10-31(23(24)34)18-4-3-15(26)11-17(18)25/h3-4,11,13-14,16H,5-10,12H2,1-2H3,(H,27,28)(H,29,32)(H,30,33)/t14?,16-,24-. The minimum absolute atomic E-state index is 0.00603. The van der Waals surface area contributed by atoms with Gasteiger partial charge in [0.1, 0.15) is 11.5 Å². The first kappa shape index (κ1) is 25.1. The zero-order valence-corrected chi connectivity index (χ0v) is 20.5. The molecule has 1 atom stereocenters. The van der Waals surface area contributed by atoms with Crippen molar-refractivity contribution in [3.8, 4) is 0 Å². The van der Waals surface area contributed by atoms with Crippen molar-refractivity contribution in [3.05, 3.63) is 46.8 Å². The fraction of sp³-hybridized carbons (Fsp3) is 0.500. The summed E-state index contributed by atoms with van der Waals surface area (Å²) in [6, 6.07) is 3.69. The lowest BCUT2D eigenvalue weighted by atomic mass is 9.71. The third-order valence-electron chi connectivity index (χ3n) is 6.87. The average molecular weight is 506 g/mol. The number of nitrogens with one attached hydrogen (secondary N) is 3. The molecule has 1 saturated carbocycles. The summed E-state index contributed by atoms with van der Waals surface area (Å²) in [7, 11) is 1.54. The molecule has 1 aromatic carbocycles. The van der Waals surface area contributed by atoms with Gasteiger partial charge in [-0.25, -0.2) is 9.37 Å². The number of carbonyl (C=O) groups excluding carboxylic acids is 3. The van der Waals surface area contributed by atoms with Crippen molar-refractivity contribution in [2.75, 3.05) is 25.2 Å². The van der Waals surface area contributed by atoms with Gasteiger partial charge in [0.15, 0.2) is 5.69 Å². The van der Waals surface area contributed by atoms with Crippen LogP contribution in [0.4, 0.5) is 10.1 Å². The summed E-state index contributed by atoms with van der Waals surface area (Å²) in [6.45, 7) is 2.65. The van der Waals surface area contributed by atoms with Gasteiger partial charge in [-0.2, -0.15) is 0 Å². The number of ether oxygens (including phenoxy) is 1. The number of aromatic amines is 1. The average Bonchev–Trinajstić information content (AvgIpc) is 3.42. The molecular weight excluding hydrogens is 477 g/mol. The number of methoxy groups -OCH3 is 1. The van der Waals surface area contributed by atoms with Gasteiger partial charge in [-0.1, -0.05) is 11.6 Å². The molecule has 2 fully saturated rings. The lowest BCUT2D eigenvalue weighted by Crippen LogP contribution is -2.44. The van der Waals surface area contributed by atoms with Crippen molar-refractivity contribution < 1.29 is 23.5 Å². The molecule has 0 bridgehead atoms. The SMILES string of the molecule is COCC(C)NC(=O)c1nc[nH]c1C(=O)N[C@H]1CC[C@@]2(CCN(c3ccc(F)cc3Cl)C2=O)CC1. The molecule has 3 N–H and O–H groups in total. The molecular formula is C24H29ClFN5O4. The third-order valence-corrected chi connectivity index (χ3v) is 7.17. The summed E-state index contributed by atoms with van der Waals surface area (Å²) >= 11 is 6.19. The maximum atomic E-state index is 13.4. The van der Waals surface area contributed by atoms with E-state index in [4.69, 9.17) is 16.3 Å². The summed E-state index contributed by atoms with van der Waals surface area (Å²) in [5.74, 6) is -1.32. The Morgan fingerprint density at radius 1 is 1.31 bits per heavy atom. The van der Waals surface area contributed by atoms with Crippen LogP contribution in [-0.2, 0) is 9.53 Å². The first-order valence-corrected chi connectivity index (χ1v) is 12.0. The highest BCUT2D eigenvalue weighted by Gasteiger charge is 2.49. The molecule has 9 nitrogen and oxygen atoms in total. The summed E-state index contributed by atoms with van der Waals surface area (Å²) in [6.07, 6.45) is 4.50. The molecule has 35 heavy (non-hydrogen) atoms. The van der Waals surface area contributed by atoms with Gasteiger partial charge >= 0.3 is 0 Å². The van der Waals surface area contributed by atoms with Gasteiger partial charge in [-0.15, -0.1) is 0 Å². The molecule has 3 amide bonds. The van der Waals surface area contributed by atoms with Crippen LogP contribution < -0.4 is 15.5 Å². The third kappa shape index (κ3) is 5.18. The predicted molar refractivity (Wildman–Crippen MR) is 128 cm³/mol. The molecule has 1 aliphatic carbocycles. The van der Waals surface area contributed by atoms with E-state index in [0.717, 1.165) is 0 Å². The first-order chi connectivity index (χ1) is 16.7. The molecule has 188 valence electrons. The van der Waals surface area contributed by atoms with Crippen LogP contribution in [0.3, 0.4) is 0 Å². The number of imidazole rings is 1. The Balaban J connectivity index is 1.35. The minimum Gasteiger partial charge on any atom is -0.383 e. The predicted octanol–water partition coefficient (Wildman–Crippen LogP) is 3.06. The molecule has 11 heteroatoms. The van der Waals surface area contributed by atoms with Crippen LogP contribution in [0.1, 0.15) is 60.0 Å². The van der Waals surface area contributed by atoms with E-state index in [-0.39, 0.29) is 34.4 Å². The highest BCUT2D eigenvalue weighted by molar-refractivity contribution is 6.34. The Kier molecular flexibility index (Phi) is 7.42. The quantitative estimate of drug-likeness (QED) is 0.534. The number of benzene rings is 1. The van der Waals surface area contributed by atoms with E-state index >= 15 is 0 Å². The van der Waals surface area contributed by atoms with Gasteiger partial charge in [0, 0.05) is 25.7 Å². The van der Waals surface area contributed by atoms with E-state index in [1.165, 1.54) is 24.5 Å². The molecule has 2 heterocycles. The molecule has 2 aliphatic rings. The summed E-state index contributed by atoms with van der Waals surface area (Å²) in [5, 5.41) is 5.93. The Morgan fingerprint density at radius 2 is 2.06 bits per heavy atom. The van der Waals surface area contributed by atoms with Crippen molar-refractivity contribution in [2.45, 2.75) is 51.1 Å². The highest BCUT2D eigenvalue weighted by Crippen LogP contribution is 2.47. The van der Waals surface area contributed by atoms with Crippen molar-refractivity contribution >= 4 is 35.0 Å². The molecule has 0 radical (unpaired) electrons. The van der Waals surface area contributed by atoms with Crippen LogP contribution in [0.15, 0.2) is 24.5 Å². The van der Waals surface area contributed by atoms with Gasteiger partial charge < -0.3 is 25.3 Å². The topological polar surface area (TPSA) is 116 Å². The second kappa shape index (κ2) is 10.3. The summed E-state index contributed by atoms with van der Waals surface area (Å²) in [4.78, 5) is 47.1. The number of H-pyrrole nitrogens is 1. The lowest BCUT2D eigenvalue weighted by molar-refractivity contribution is -0.127. The Labute approximate surface area is 207 Å². The van der Waals surface area contributed by atoms with Crippen molar-refractivity contribution in [3.63, 3.8) is 0 Å². The van der Waals surface area contributed by atoms with Crippen LogP contribution in [0, 0.1) is 11.2 Å². The summed E-state index contributed by atoms with van der Waals surface area (Å²) in [5.41, 5.74) is 0.141. The zero-order chi connectivity index (χ0) is 25.2. The van der Waals surface area contributed by atoms with Crippen LogP contribution >= 0.6 is 11.6 Å². The number of anilines is 1. The van der Waals surface area contributed by atoms with Gasteiger partial charge in [0.2, 0.25) is 5.91 Å². The Hall–Kier alpha value is -2.98. The maximum absolute atomic E-state index is 13.4. The van der Waals surface area contributed by atoms with Crippen LogP contribution in [0.5, 0.6) is 0 Å². The molecule has 1 unspecified atom stereocenters. The number of carbonyl (C=O) groups is 3. The normalized spacial score (nSPS) is 22.9. The van der Waals surface area contributed by atoms with Crippen LogP contribution in [-0.4, -0.2) is 60.0 Å². The van der Waals surface area contributed by atoms with E-state index in [1.807, 2.05) is 0 Å². The minimum atomic E-state index is -0.505. The van der Waals surface area contributed by atoms with Crippen LogP contribution in [0.2, 0.25) is 5.02 Å². The largest absolute Gasteiger partial charge is 0.383 e. The fourth-order valence-corrected chi connectivity index (χ4v) is 5.28. The van der Waals surface area contributed by atoms with E-state index in [2.05, 4.69) is 20.6 Å². The number of nitrogens with zero attached hydrogens (tertiary/aromatic N) is 2. The molecule has 1 aliphatic heterocycles. The van der Waals surface area contributed by atoms with Crippen molar-refractivity contribution in [2.24, 2.45) is 5.41 Å². The monoisotopic (exact) mass is 505 g/mol. The molecule has 1 spiro atoms. The number of rotatable bonds is 7. The van der Waals surface area contributed by atoms with Gasteiger partial charge in [0.05, 0.1) is 29.1 Å². The maximum Gasteiger partial charge on any atom is 0.272 e. The van der Waals surface area contributed by atoms with Gasteiger partial charge in [-0.05, 0) is 57.2 Å². The van der Waals surface area contributed by atoms with E-state index in [9.17, 15) is 18.8 Å². The lowest BCUT2D eigenvalue weighted by Gasteiger charge is -2.36. The Morgan fingerprint density at radius 3 is 2.74 bits per heavy atom. The summed E-state index contributed by atoms with van der Waals surface area (Å²) < 4.78 is 18.4. The van der Waals surface area contributed by atoms with Gasteiger partial charge in [0.25, 0.3) is 11.8 Å². The van der Waals surface area contributed by atoms with E-state index < -0.39 is 23.0 Å². The number of halogens is 2. The molecule has 1 saturated heterocycles. The highest BCUT2D eigenvalue weighted by atomic mass is 35.5. The smallest absolute Gasteiger partial charge is 0.272 e. The number of hydrogen-bond acceptors (Lipinski definition) is 5. The van der Waals surface area contributed by atoms with Crippen molar-refractivity contribution in [1.82, 2.24) is 20.6 Å². The molecule has 2 aromatic rings. The van der Waals surface area contributed by atoms with Crippen molar-refractivity contribution in [1.29, 1.82) is 0 Å². The first-order valence-electron chi connectivity index (χ1n) is 11.6. The number of amides is 3. The number of aromatic nitrogens is 2. The second-order valence-corrected chi connectivity index (χ2v) is 9.69.